The number of hydrogen-bond acceptors (Lipinski definition) is 3. The van der Waals surface area contributed by atoms with Crippen molar-refractivity contribution in [2.75, 3.05) is 0 Å². The largest absolute Gasteiger partial charge is 3.00 e. The van der Waals surface area contributed by atoms with Crippen LogP contribution in [0.3, 0.4) is 0 Å². The molecule has 0 atom stereocenters. The van der Waals surface area contributed by atoms with Crippen LogP contribution in [0.5, 0.6) is 11.5 Å². The van der Waals surface area contributed by atoms with Gasteiger partial charge in [0.1, 0.15) is 0 Å². The second-order valence-corrected chi connectivity index (χ2v) is 18.0. The first-order valence-electron chi connectivity index (χ1n) is 21.4. The molecule has 4 aromatic carbocycles. The quantitative estimate of drug-likeness (QED) is 0.133. The van der Waals surface area contributed by atoms with E-state index in [1.165, 1.54) is 22.3 Å². The molecule has 0 fully saturated rings. The van der Waals surface area contributed by atoms with Gasteiger partial charge in [0.2, 0.25) is 0 Å². The topological polar surface area (TPSA) is 72.6 Å². The van der Waals surface area contributed by atoms with E-state index in [9.17, 15) is 10.2 Å². The van der Waals surface area contributed by atoms with Crippen LogP contribution in [0.15, 0.2) is 89.6 Å². The molecule has 323 valence electrons. The van der Waals surface area contributed by atoms with Crippen molar-refractivity contribution in [3.8, 4) is 11.5 Å². The molecule has 0 aromatic heterocycles. The molecule has 0 unspecified atom stereocenters. The number of allylic oxidation sites excluding steroid dienone is 2. The minimum absolute atomic E-state index is 0. The van der Waals surface area contributed by atoms with Gasteiger partial charge in [-0.25, -0.2) is 0 Å². The van der Waals surface area contributed by atoms with E-state index in [-0.39, 0.29) is 58.4 Å². The van der Waals surface area contributed by atoms with Crippen LogP contribution < -0.4 is 10.2 Å². The first-order valence-corrected chi connectivity index (χ1v) is 21.4. The van der Waals surface area contributed by atoms with E-state index in [4.69, 9.17) is 10.3 Å². The van der Waals surface area contributed by atoms with E-state index in [1.54, 1.807) is 0 Å². The number of rotatable bonds is 12. The Morgan fingerprint density at radius 1 is 0.431 bits per heavy atom. The number of hydrogen-bond donors (Lipinski definition) is 0. The van der Waals surface area contributed by atoms with Gasteiger partial charge in [0.15, 0.2) is 0 Å². The normalized spacial score (nSPS) is 12.0. The summed E-state index contributed by atoms with van der Waals surface area (Å²) >= 11 is 0. The molecule has 0 amide bonds. The van der Waals surface area contributed by atoms with Gasteiger partial charge in [-0.15, -0.1) is 17.2 Å². The van der Waals surface area contributed by atoms with Crippen molar-refractivity contribution in [3.63, 3.8) is 0 Å². The number of para-hydroxylation sites is 4. The van der Waals surface area contributed by atoms with Crippen LogP contribution >= 0.6 is 0 Å². The van der Waals surface area contributed by atoms with Crippen LogP contribution in [0.4, 0.5) is 11.4 Å². The van der Waals surface area contributed by atoms with Crippen molar-refractivity contribution >= 4 is 17.1 Å². The second kappa shape index (κ2) is 25.1. The van der Waals surface area contributed by atoms with E-state index in [0.29, 0.717) is 47.3 Å². The molecule has 0 saturated heterocycles. The molecule has 0 aliphatic heterocycles. The number of aliphatic imine (C=N–C) groups is 1. The Labute approximate surface area is 393 Å². The summed E-state index contributed by atoms with van der Waals surface area (Å²) in [5.74, 6) is 3.51. The molecule has 1 radical (unpaired) electrons. The Kier molecular flexibility index (Phi) is 23.0. The fourth-order valence-corrected chi connectivity index (χ4v) is 6.97. The van der Waals surface area contributed by atoms with Gasteiger partial charge in [-0.1, -0.05) is 230 Å². The summed E-state index contributed by atoms with van der Waals surface area (Å²) in [6, 6.07) is 24.8. The summed E-state index contributed by atoms with van der Waals surface area (Å²) in [5.41, 5.74) is 13.2. The van der Waals surface area contributed by atoms with Gasteiger partial charge in [-0.3, -0.25) is 4.99 Å². The Morgan fingerprint density at radius 3 is 0.931 bits per heavy atom. The first kappa shape index (κ1) is 53.2. The maximum Gasteiger partial charge on any atom is 3.00 e. The summed E-state index contributed by atoms with van der Waals surface area (Å²) in [4.78, 5) is 5.08. The van der Waals surface area contributed by atoms with Crippen LogP contribution in [0, 0.1) is 46.9 Å². The van der Waals surface area contributed by atoms with Crippen LogP contribution in [0.2, 0.25) is 0 Å². The van der Waals surface area contributed by atoms with E-state index in [1.807, 2.05) is 36.4 Å². The maximum atomic E-state index is 11.9. The SMILES string of the molecule is CC(/C=C(/C)[N-]c1c(C(C)C)cccc1C(C)C)=Nc1c(C(C)C)cccc1C(C)C.CC(C)c1cccc(C(C)C)c1[O-].CC(C)c1cccc(C(C)C)c1[O-].[Yb+3]. The fraction of sp³-hybridized carbons (Fsp3) is 0.491. The van der Waals surface area contributed by atoms with E-state index in [0.717, 1.165) is 45.0 Å². The Balaban J connectivity index is 0.000000511. The van der Waals surface area contributed by atoms with Gasteiger partial charge in [-0.05, 0) is 65.4 Å². The summed E-state index contributed by atoms with van der Waals surface area (Å²) in [6.45, 7) is 38.5. The van der Waals surface area contributed by atoms with Crippen molar-refractivity contribution in [2.45, 2.75) is 172 Å². The van der Waals surface area contributed by atoms with Gasteiger partial charge >= 0.3 is 46.9 Å². The fourth-order valence-electron chi connectivity index (χ4n) is 6.97. The average molecular weight is 945 g/mol. The zero-order valence-electron chi connectivity index (χ0n) is 39.1. The molecule has 0 aliphatic carbocycles. The Morgan fingerprint density at radius 2 is 0.672 bits per heavy atom. The van der Waals surface area contributed by atoms with E-state index < -0.39 is 0 Å². The van der Waals surface area contributed by atoms with E-state index in [2.05, 4.69) is 167 Å². The third-order valence-corrected chi connectivity index (χ3v) is 10.3. The second-order valence-electron chi connectivity index (χ2n) is 18.0. The monoisotopic (exact) mass is 946 g/mol. The van der Waals surface area contributed by atoms with Crippen LogP contribution in [0.1, 0.15) is 216 Å². The predicted octanol–water partition coefficient (Wildman–Crippen LogP) is 15.9. The minimum atomic E-state index is 0. The van der Waals surface area contributed by atoms with Crippen molar-refractivity contribution in [1.82, 2.24) is 0 Å². The third kappa shape index (κ3) is 15.3. The van der Waals surface area contributed by atoms with Gasteiger partial charge < -0.3 is 15.5 Å². The van der Waals surface area contributed by atoms with Crippen molar-refractivity contribution < 1.29 is 57.1 Å². The first-order chi connectivity index (χ1) is 26.6. The van der Waals surface area contributed by atoms with Crippen LogP contribution in [-0.4, -0.2) is 5.71 Å². The number of nitrogens with zero attached hydrogens (tertiary/aromatic N) is 2. The van der Waals surface area contributed by atoms with E-state index >= 15 is 0 Å². The zero-order valence-corrected chi connectivity index (χ0v) is 40.8. The third-order valence-electron chi connectivity index (χ3n) is 10.3. The minimum Gasteiger partial charge on any atom is -0.872 e. The van der Waals surface area contributed by atoms with Crippen LogP contribution in [0.25, 0.3) is 5.32 Å². The summed E-state index contributed by atoms with van der Waals surface area (Å²) in [5, 5.41) is 28.8. The molecule has 58 heavy (non-hydrogen) atoms. The molecule has 0 aliphatic rings. The van der Waals surface area contributed by atoms with Gasteiger partial charge in [0, 0.05) is 5.71 Å². The molecule has 4 aromatic rings. The molecule has 5 heteroatoms. The predicted molar refractivity (Wildman–Crippen MR) is 247 cm³/mol. The van der Waals surface area contributed by atoms with Crippen LogP contribution in [-0.2, 0) is 0 Å². The molecule has 0 heterocycles. The molecule has 4 nitrogen and oxygen atoms in total. The molecule has 0 N–H and O–H groups in total. The molecule has 0 spiro atoms. The van der Waals surface area contributed by atoms with Crippen molar-refractivity contribution in [1.29, 1.82) is 0 Å². The van der Waals surface area contributed by atoms with Crippen molar-refractivity contribution in [3.05, 3.63) is 134 Å². The molecular formula is C53H75N2O2Yb. The van der Waals surface area contributed by atoms with Gasteiger partial charge in [0.05, 0.1) is 5.69 Å². The Bertz CT molecular complexity index is 1760. The standard InChI is InChI=1S/C29H41N2.2C12H18O.Yb/c1-18(2)24-13-11-14-25(19(3)4)28(24)30-22(9)17-23(10)31-29-26(20(5)6)15-12-16-27(29)21(7)8;2*1-8(2)10-6-5-7-11(9(3)4)12(10)13;/h11-21H,1-10H3;2*5-9,13H,1-4H3;/q-1;;;+3/p-2/b22-17-,31-23?;;;. The van der Waals surface area contributed by atoms with Crippen molar-refractivity contribution in [2.24, 2.45) is 4.99 Å². The maximum absolute atomic E-state index is 11.9. The van der Waals surface area contributed by atoms with Gasteiger partial charge in [0.25, 0.3) is 0 Å². The molecule has 4 rings (SSSR count). The molecular weight excluding hydrogens is 870 g/mol. The molecule has 0 bridgehead atoms. The van der Waals surface area contributed by atoms with Gasteiger partial charge in [-0.2, -0.15) is 5.70 Å². The Hall–Kier alpha value is -2.79. The summed E-state index contributed by atoms with van der Waals surface area (Å²) < 4.78 is 0. The summed E-state index contributed by atoms with van der Waals surface area (Å²) in [6.07, 6.45) is 2.11. The molecule has 0 saturated carbocycles. The number of benzene rings is 4. The average Bonchev–Trinajstić information content (AvgIpc) is 3.11. The summed E-state index contributed by atoms with van der Waals surface area (Å²) in [7, 11) is 0. The zero-order chi connectivity index (χ0) is 43.3. The smallest absolute Gasteiger partial charge is 0.872 e.